The van der Waals surface area contributed by atoms with Gasteiger partial charge in [0.1, 0.15) is 0 Å². The van der Waals surface area contributed by atoms with Gasteiger partial charge in [-0.2, -0.15) is 0 Å². The Hall–Kier alpha value is -0.570. The zero-order valence-corrected chi connectivity index (χ0v) is 6.29. The van der Waals surface area contributed by atoms with E-state index in [2.05, 4.69) is 4.37 Å². The zero-order chi connectivity index (χ0) is 6.85. The molecule has 2 nitrogen and oxygen atoms in total. The summed E-state index contributed by atoms with van der Waals surface area (Å²) in [5, 5.41) is 1.87. The van der Waals surface area contributed by atoms with Crippen LogP contribution in [0, 0.1) is 0 Å². The standard InChI is InChI=1S/C6H9NOS/c1-4(2)5-3-9-7-6(5)8/h3-4H,1-2H3,(H,7,8). The van der Waals surface area contributed by atoms with Crippen LogP contribution in [0.1, 0.15) is 25.3 Å². The molecule has 0 bridgehead atoms. The Morgan fingerprint density at radius 3 is 2.56 bits per heavy atom. The first-order valence-electron chi connectivity index (χ1n) is 2.88. The van der Waals surface area contributed by atoms with E-state index in [1.165, 1.54) is 11.5 Å². The van der Waals surface area contributed by atoms with E-state index in [1.54, 1.807) is 0 Å². The number of hydrogen-bond donors (Lipinski definition) is 1. The van der Waals surface area contributed by atoms with Crippen molar-refractivity contribution in [1.29, 1.82) is 0 Å². The fourth-order valence-corrected chi connectivity index (χ4v) is 1.45. The molecule has 50 valence electrons. The lowest BCUT2D eigenvalue weighted by molar-refractivity contribution is 0.858. The molecule has 0 fully saturated rings. The number of H-pyrrole nitrogens is 1. The summed E-state index contributed by atoms with van der Waals surface area (Å²) in [6, 6.07) is 0. The third-order valence-electron chi connectivity index (χ3n) is 1.22. The van der Waals surface area contributed by atoms with Crippen LogP contribution in [-0.4, -0.2) is 4.37 Å². The van der Waals surface area contributed by atoms with E-state index in [1.807, 2.05) is 19.2 Å². The van der Waals surface area contributed by atoms with Crippen molar-refractivity contribution in [2.75, 3.05) is 0 Å². The van der Waals surface area contributed by atoms with E-state index in [9.17, 15) is 4.79 Å². The van der Waals surface area contributed by atoms with E-state index in [0.29, 0.717) is 5.92 Å². The molecule has 0 unspecified atom stereocenters. The Morgan fingerprint density at radius 1 is 1.67 bits per heavy atom. The lowest BCUT2D eigenvalue weighted by Gasteiger charge is -1.94. The molecule has 1 aromatic rings. The molecule has 0 amide bonds. The number of aromatic nitrogens is 1. The predicted octanol–water partition coefficient (Wildman–Crippen LogP) is 1.56. The van der Waals surface area contributed by atoms with Crippen molar-refractivity contribution >= 4 is 11.5 Å². The molecule has 1 rings (SSSR count). The molecule has 0 atom stereocenters. The highest BCUT2D eigenvalue weighted by molar-refractivity contribution is 7.03. The maximum atomic E-state index is 10.8. The SMILES string of the molecule is CC(C)c1cs[nH]c1=O. The van der Waals surface area contributed by atoms with Gasteiger partial charge in [-0.15, -0.1) is 0 Å². The van der Waals surface area contributed by atoms with E-state index in [0.717, 1.165) is 5.56 Å². The quantitative estimate of drug-likeness (QED) is 0.635. The highest BCUT2D eigenvalue weighted by atomic mass is 32.1. The lowest BCUT2D eigenvalue weighted by Crippen LogP contribution is -2.05. The molecule has 0 aliphatic rings. The molecule has 0 aliphatic heterocycles. The largest absolute Gasteiger partial charge is 0.278 e. The molecule has 1 heterocycles. The molecule has 0 aliphatic carbocycles. The van der Waals surface area contributed by atoms with Gasteiger partial charge in [0.25, 0.3) is 5.56 Å². The van der Waals surface area contributed by atoms with Gasteiger partial charge in [-0.1, -0.05) is 25.4 Å². The van der Waals surface area contributed by atoms with Crippen LogP contribution in [0.5, 0.6) is 0 Å². The maximum absolute atomic E-state index is 10.8. The van der Waals surface area contributed by atoms with Crippen LogP contribution in [0.15, 0.2) is 10.2 Å². The van der Waals surface area contributed by atoms with Crippen LogP contribution in [0.25, 0.3) is 0 Å². The number of aromatic amines is 1. The van der Waals surface area contributed by atoms with E-state index in [4.69, 9.17) is 0 Å². The summed E-state index contributed by atoms with van der Waals surface area (Å²) in [7, 11) is 0. The molecule has 0 radical (unpaired) electrons. The van der Waals surface area contributed by atoms with E-state index >= 15 is 0 Å². The molecule has 0 aromatic carbocycles. The van der Waals surface area contributed by atoms with Crippen molar-refractivity contribution in [1.82, 2.24) is 4.37 Å². The van der Waals surface area contributed by atoms with Crippen LogP contribution in [0.4, 0.5) is 0 Å². The maximum Gasteiger partial charge on any atom is 0.261 e. The fourth-order valence-electron chi connectivity index (χ4n) is 0.657. The van der Waals surface area contributed by atoms with E-state index < -0.39 is 0 Å². The van der Waals surface area contributed by atoms with Gasteiger partial charge >= 0.3 is 0 Å². The summed E-state index contributed by atoms with van der Waals surface area (Å²) in [5.41, 5.74) is 0.954. The molecule has 1 aromatic heterocycles. The van der Waals surface area contributed by atoms with Gasteiger partial charge in [0, 0.05) is 10.9 Å². The molecule has 1 N–H and O–H groups in total. The fraction of sp³-hybridized carbons (Fsp3) is 0.500. The summed E-state index contributed by atoms with van der Waals surface area (Å²) < 4.78 is 2.64. The Kier molecular flexibility index (Phi) is 1.71. The molecule has 9 heavy (non-hydrogen) atoms. The number of hydrogen-bond acceptors (Lipinski definition) is 2. The molecule has 3 heteroatoms. The molecule has 0 spiro atoms. The van der Waals surface area contributed by atoms with E-state index in [-0.39, 0.29) is 5.56 Å². The van der Waals surface area contributed by atoms with Gasteiger partial charge in [-0.25, -0.2) is 0 Å². The predicted molar refractivity (Wildman–Crippen MR) is 39.0 cm³/mol. The summed E-state index contributed by atoms with van der Waals surface area (Å²) >= 11 is 1.36. The number of nitrogens with one attached hydrogen (secondary N) is 1. The summed E-state index contributed by atoms with van der Waals surface area (Å²) in [4.78, 5) is 10.8. The van der Waals surface area contributed by atoms with Gasteiger partial charge in [0.15, 0.2) is 0 Å². The van der Waals surface area contributed by atoms with Gasteiger partial charge < -0.3 is 0 Å². The van der Waals surface area contributed by atoms with Crippen LogP contribution < -0.4 is 5.56 Å². The first kappa shape index (κ1) is 6.55. The summed E-state index contributed by atoms with van der Waals surface area (Å²) in [6.07, 6.45) is 0. The smallest absolute Gasteiger partial charge is 0.261 e. The second kappa shape index (κ2) is 2.35. The molecule has 0 saturated carbocycles. The average molecular weight is 143 g/mol. The zero-order valence-electron chi connectivity index (χ0n) is 5.47. The normalized spacial score (nSPS) is 10.6. The third kappa shape index (κ3) is 1.21. The second-order valence-electron chi connectivity index (χ2n) is 2.28. The Morgan fingerprint density at radius 2 is 2.33 bits per heavy atom. The van der Waals surface area contributed by atoms with Gasteiger partial charge in [-0.05, 0) is 5.92 Å². The lowest BCUT2D eigenvalue weighted by atomic mass is 10.1. The topological polar surface area (TPSA) is 32.9 Å². The minimum Gasteiger partial charge on any atom is -0.278 e. The minimum absolute atomic E-state index is 0.0648. The van der Waals surface area contributed by atoms with Crippen molar-refractivity contribution in [3.05, 3.63) is 21.3 Å². The second-order valence-corrected chi connectivity index (χ2v) is 2.95. The molecular weight excluding hydrogens is 134 g/mol. The van der Waals surface area contributed by atoms with Crippen molar-refractivity contribution < 1.29 is 0 Å². The third-order valence-corrected chi connectivity index (χ3v) is 1.90. The van der Waals surface area contributed by atoms with Gasteiger partial charge in [0.2, 0.25) is 0 Å². The molecule has 0 saturated heterocycles. The first-order chi connectivity index (χ1) is 4.22. The monoisotopic (exact) mass is 143 g/mol. The van der Waals surface area contributed by atoms with Crippen molar-refractivity contribution in [3.8, 4) is 0 Å². The van der Waals surface area contributed by atoms with Crippen LogP contribution in [-0.2, 0) is 0 Å². The number of rotatable bonds is 1. The highest BCUT2D eigenvalue weighted by Gasteiger charge is 2.03. The Bertz CT molecular complexity index is 235. The van der Waals surface area contributed by atoms with Crippen molar-refractivity contribution in [3.63, 3.8) is 0 Å². The highest BCUT2D eigenvalue weighted by Crippen LogP contribution is 2.09. The van der Waals surface area contributed by atoms with Gasteiger partial charge in [-0.3, -0.25) is 9.17 Å². The van der Waals surface area contributed by atoms with Crippen LogP contribution in [0.3, 0.4) is 0 Å². The summed E-state index contributed by atoms with van der Waals surface area (Å²) in [6.45, 7) is 4.02. The first-order valence-corrected chi connectivity index (χ1v) is 3.76. The van der Waals surface area contributed by atoms with Crippen LogP contribution in [0.2, 0.25) is 0 Å². The Balaban J connectivity index is 3.08. The molecular formula is C6H9NOS. The van der Waals surface area contributed by atoms with Gasteiger partial charge in [0.05, 0.1) is 0 Å². The Labute approximate surface area is 57.7 Å². The van der Waals surface area contributed by atoms with Crippen molar-refractivity contribution in [2.24, 2.45) is 0 Å². The summed E-state index contributed by atoms with van der Waals surface area (Å²) in [5.74, 6) is 0.347. The van der Waals surface area contributed by atoms with Crippen molar-refractivity contribution in [2.45, 2.75) is 19.8 Å². The minimum atomic E-state index is 0.0648. The van der Waals surface area contributed by atoms with Crippen LogP contribution >= 0.6 is 11.5 Å². The average Bonchev–Trinajstić information content (AvgIpc) is 2.13.